The van der Waals surface area contributed by atoms with Gasteiger partial charge in [0.2, 0.25) is 0 Å². The first-order valence-corrected chi connectivity index (χ1v) is 5.23. The summed E-state index contributed by atoms with van der Waals surface area (Å²) >= 11 is 0. The van der Waals surface area contributed by atoms with Gasteiger partial charge in [0, 0.05) is 25.8 Å². The summed E-state index contributed by atoms with van der Waals surface area (Å²) in [5.41, 5.74) is 0.632. The Hall–Kier alpha value is -1.39. The van der Waals surface area contributed by atoms with Gasteiger partial charge in [0.05, 0.1) is 13.2 Å². The van der Waals surface area contributed by atoms with Gasteiger partial charge >= 0.3 is 0 Å². The first-order chi connectivity index (χ1) is 7.79. The minimum Gasteiger partial charge on any atom is -0.395 e. The van der Waals surface area contributed by atoms with Crippen molar-refractivity contribution in [3.8, 4) is 0 Å². The SMILES string of the molecule is COCCN(CCO)C(=O)c1ccccc1. The standard InChI is InChI=1S/C12H17NO3/c1-16-10-8-13(7-9-14)12(15)11-5-3-2-4-6-11/h2-6,14H,7-10H2,1H3. The number of methoxy groups -OCH3 is 1. The second kappa shape index (κ2) is 6.98. The van der Waals surface area contributed by atoms with E-state index in [1.54, 1.807) is 24.1 Å². The van der Waals surface area contributed by atoms with Gasteiger partial charge in [-0.25, -0.2) is 0 Å². The number of ether oxygens (including phenoxy) is 1. The fraction of sp³-hybridized carbons (Fsp3) is 0.417. The fourth-order valence-corrected chi connectivity index (χ4v) is 1.40. The van der Waals surface area contributed by atoms with Crippen LogP contribution in [-0.4, -0.2) is 49.3 Å². The molecule has 1 aromatic rings. The average Bonchev–Trinajstić information content (AvgIpc) is 2.35. The lowest BCUT2D eigenvalue weighted by molar-refractivity contribution is 0.0656. The number of rotatable bonds is 6. The van der Waals surface area contributed by atoms with E-state index < -0.39 is 0 Å². The van der Waals surface area contributed by atoms with Gasteiger partial charge in [-0.15, -0.1) is 0 Å². The van der Waals surface area contributed by atoms with Crippen molar-refractivity contribution in [2.75, 3.05) is 33.4 Å². The molecule has 0 aliphatic heterocycles. The number of aliphatic hydroxyl groups is 1. The van der Waals surface area contributed by atoms with Crippen LogP contribution in [0.25, 0.3) is 0 Å². The molecule has 1 N–H and O–H groups in total. The van der Waals surface area contributed by atoms with Crippen molar-refractivity contribution in [3.05, 3.63) is 35.9 Å². The van der Waals surface area contributed by atoms with Crippen LogP contribution < -0.4 is 0 Å². The number of amides is 1. The highest BCUT2D eigenvalue weighted by Crippen LogP contribution is 2.04. The minimum absolute atomic E-state index is 0.0394. The molecule has 0 aliphatic rings. The van der Waals surface area contributed by atoms with Crippen molar-refractivity contribution in [2.24, 2.45) is 0 Å². The maximum absolute atomic E-state index is 12.0. The second-order valence-electron chi connectivity index (χ2n) is 3.37. The molecule has 0 saturated carbocycles. The summed E-state index contributed by atoms with van der Waals surface area (Å²) < 4.78 is 4.93. The van der Waals surface area contributed by atoms with Crippen LogP contribution in [0.3, 0.4) is 0 Å². The molecule has 0 heterocycles. The lowest BCUT2D eigenvalue weighted by Gasteiger charge is -2.21. The number of benzene rings is 1. The maximum atomic E-state index is 12.0. The molecule has 16 heavy (non-hydrogen) atoms. The van der Waals surface area contributed by atoms with Crippen LogP contribution >= 0.6 is 0 Å². The van der Waals surface area contributed by atoms with Gasteiger partial charge < -0.3 is 14.7 Å². The molecule has 1 rings (SSSR count). The third-order valence-corrected chi connectivity index (χ3v) is 2.24. The van der Waals surface area contributed by atoms with Crippen LogP contribution in [-0.2, 0) is 4.74 Å². The number of nitrogens with zero attached hydrogens (tertiary/aromatic N) is 1. The van der Waals surface area contributed by atoms with E-state index in [4.69, 9.17) is 9.84 Å². The molecule has 0 spiro atoms. The normalized spacial score (nSPS) is 10.1. The number of hydrogen-bond acceptors (Lipinski definition) is 3. The van der Waals surface area contributed by atoms with E-state index in [0.29, 0.717) is 25.3 Å². The van der Waals surface area contributed by atoms with Crippen LogP contribution in [0.1, 0.15) is 10.4 Å². The van der Waals surface area contributed by atoms with Crippen molar-refractivity contribution in [2.45, 2.75) is 0 Å². The van der Waals surface area contributed by atoms with Crippen LogP contribution in [0, 0.1) is 0 Å². The summed E-state index contributed by atoms with van der Waals surface area (Å²) in [6.45, 7) is 1.25. The Balaban J connectivity index is 2.67. The quantitative estimate of drug-likeness (QED) is 0.775. The lowest BCUT2D eigenvalue weighted by Crippen LogP contribution is -2.36. The molecule has 0 saturated heterocycles. The monoisotopic (exact) mass is 223 g/mol. The van der Waals surface area contributed by atoms with E-state index in [9.17, 15) is 4.79 Å². The lowest BCUT2D eigenvalue weighted by atomic mass is 10.2. The zero-order valence-corrected chi connectivity index (χ0v) is 9.43. The molecule has 0 atom stereocenters. The summed E-state index contributed by atoms with van der Waals surface area (Å²) in [5, 5.41) is 8.90. The van der Waals surface area contributed by atoms with Gasteiger partial charge in [-0.05, 0) is 12.1 Å². The topological polar surface area (TPSA) is 49.8 Å². The minimum atomic E-state index is -0.0771. The number of hydrogen-bond donors (Lipinski definition) is 1. The van der Waals surface area contributed by atoms with Crippen molar-refractivity contribution in [3.63, 3.8) is 0 Å². The predicted octanol–water partition coefficient (Wildman–Crippen LogP) is 0.768. The number of aliphatic hydroxyl groups excluding tert-OH is 1. The van der Waals surface area contributed by atoms with Crippen LogP contribution in [0.5, 0.6) is 0 Å². The Morgan fingerprint density at radius 2 is 2.00 bits per heavy atom. The van der Waals surface area contributed by atoms with Gasteiger partial charge in [-0.1, -0.05) is 18.2 Å². The summed E-state index contributed by atoms with van der Waals surface area (Å²) in [7, 11) is 1.59. The van der Waals surface area contributed by atoms with Crippen LogP contribution in [0.15, 0.2) is 30.3 Å². The molecule has 4 nitrogen and oxygen atoms in total. The van der Waals surface area contributed by atoms with Crippen molar-refractivity contribution in [1.29, 1.82) is 0 Å². The zero-order valence-electron chi connectivity index (χ0n) is 9.43. The smallest absolute Gasteiger partial charge is 0.254 e. The van der Waals surface area contributed by atoms with E-state index in [1.807, 2.05) is 18.2 Å². The summed E-state index contributed by atoms with van der Waals surface area (Å²) in [4.78, 5) is 13.6. The largest absolute Gasteiger partial charge is 0.395 e. The molecule has 0 fully saturated rings. The highest BCUT2D eigenvalue weighted by molar-refractivity contribution is 5.94. The molecule has 4 heteroatoms. The van der Waals surface area contributed by atoms with Crippen molar-refractivity contribution >= 4 is 5.91 Å². The molecule has 88 valence electrons. The van der Waals surface area contributed by atoms with Gasteiger partial charge in [0.15, 0.2) is 0 Å². The number of carbonyl (C=O) groups excluding carboxylic acids is 1. The molecule has 1 amide bonds. The highest BCUT2D eigenvalue weighted by Gasteiger charge is 2.14. The Bertz CT molecular complexity index is 313. The Labute approximate surface area is 95.5 Å². The number of carbonyl (C=O) groups is 1. The molecule has 1 aromatic carbocycles. The van der Waals surface area contributed by atoms with Crippen LogP contribution in [0.2, 0.25) is 0 Å². The first kappa shape index (κ1) is 12.7. The van der Waals surface area contributed by atoms with E-state index >= 15 is 0 Å². The summed E-state index contributed by atoms with van der Waals surface area (Å²) in [6.07, 6.45) is 0. The first-order valence-electron chi connectivity index (χ1n) is 5.23. The van der Waals surface area contributed by atoms with Crippen molar-refractivity contribution < 1.29 is 14.6 Å². The predicted molar refractivity (Wildman–Crippen MR) is 61.3 cm³/mol. The molecule has 0 radical (unpaired) electrons. The second-order valence-corrected chi connectivity index (χ2v) is 3.37. The molecule has 0 aliphatic carbocycles. The van der Waals surface area contributed by atoms with E-state index in [-0.39, 0.29) is 12.5 Å². The highest BCUT2D eigenvalue weighted by atomic mass is 16.5. The van der Waals surface area contributed by atoms with Gasteiger partial charge in [-0.2, -0.15) is 0 Å². The summed E-state index contributed by atoms with van der Waals surface area (Å²) in [6, 6.07) is 9.03. The molecular formula is C12H17NO3. The van der Waals surface area contributed by atoms with Gasteiger partial charge in [0.25, 0.3) is 5.91 Å². The third kappa shape index (κ3) is 3.64. The van der Waals surface area contributed by atoms with Crippen molar-refractivity contribution in [1.82, 2.24) is 4.90 Å². The molecule has 0 unspecified atom stereocenters. The molecule has 0 aromatic heterocycles. The Morgan fingerprint density at radius 1 is 1.31 bits per heavy atom. The summed E-state index contributed by atoms with van der Waals surface area (Å²) in [5.74, 6) is -0.0771. The van der Waals surface area contributed by atoms with E-state index in [1.165, 1.54) is 0 Å². The van der Waals surface area contributed by atoms with Crippen LogP contribution in [0.4, 0.5) is 0 Å². The molecule has 0 bridgehead atoms. The van der Waals surface area contributed by atoms with E-state index in [0.717, 1.165) is 0 Å². The average molecular weight is 223 g/mol. The third-order valence-electron chi connectivity index (χ3n) is 2.24. The zero-order chi connectivity index (χ0) is 11.8. The fourth-order valence-electron chi connectivity index (χ4n) is 1.40. The van der Waals surface area contributed by atoms with Gasteiger partial charge in [0.1, 0.15) is 0 Å². The maximum Gasteiger partial charge on any atom is 0.254 e. The molecular weight excluding hydrogens is 206 g/mol. The van der Waals surface area contributed by atoms with E-state index in [2.05, 4.69) is 0 Å². The van der Waals surface area contributed by atoms with Gasteiger partial charge in [-0.3, -0.25) is 4.79 Å². The Morgan fingerprint density at radius 3 is 2.56 bits per heavy atom. The Kier molecular flexibility index (Phi) is 5.53.